The molecule has 8 fully saturated rings. The van der Waals surface area contributed by atoms with Gasteiger partial charge in [-0.05, 0) is 147 Å². The number of esters is 1. The van der Waals surface area contributed by atoms with Gasteiger partial charge in [0.05, 0.1) is 29.4 Å². The molecule has 7 aliphatic carbocycles. The molecule has 0 aromatic heterocycles. The van der Waals surface area contributed by atoms with Crippen molar-refractivity contribution in [1.82, 2.24) is 10.2 Å². The van der Waals surface area contributed by atoms with Crippen LogP contribution in [-0.4, -0.2) is 90.4 Å². The van der Waals surface area contributed by atoms with Crippen molar-refractivity contribution in [2.45, 2.75) is 170 Å². The summed E-state index contributed by atoms with van der Waals surface area (Å²) in [7, 11) is -2.99. The van der Waals surface area contributed by atoms with E-state index in [-0.39, 0.29) is 62.7 Å². The number of carboxylic acids is 1. The lowest BCUT2D eigenvalue weighted by Crippen LogP contribution is -2.69. The Morgan fingerprint density at radius 2 is 1.45 bits per heavy atom. The first-order valence-corrected chi connectivity index (χ1v) is 24.6. The van der Waals surface area contributed by atoms with Crippen molar-refractivity contribution in [3.8, 4) is 0 Å². The third kappa shape index (κ3) is 6.06. The van der Waals surface area contributed by atoms with Crippen LogP contribution in [0, 0.1) is 73.9 Å². The lowest BCUT2D eigenvalue weighted by molar-refractivity contribution is -0.250. The molecule has 1 aliphatic heterocycles. The fourth-order valence-corrected chi connectivity index (χ4v) is 17.6. The molecule has 1 saturated heterocycles. The van der Waals surface area contributed by atoms with Crippen LogP contribution < -0.4 is 5.32 Å². The maximum atomic E-state index is 13.7. The smallest absolute Gasteiger partial charge is 0.309 e. The molecule has 0 unspecified atom stereocenters. The maximum Gasteiger partial charge on any atom is 0.309 e. The van der Waals surface area contributed by atoms with Crippen molar-refractivity contribution in [1.29, 1.82) is 0 Å². The molecule has 318 valence electrons. The van der Waals surface area contributed by atoms with Crippen molar-refractivity contribution >= 4 is 21.8 Å². The molecule has 7 saturated carbocycles. The number of nitrogens with one attached hydrogen (secondary N) is 1. The molecule has 56 heavy (non-hydrogen) atoms. The van der Waals surface area contributed by atoms with E-state index in [0.29, 0.717) is 61.1 Å². The molecule has 0 aromatic rings. The maximum absolute atomic E-state index is 13.7. The minimum atomic E-state index is -2.99. The molecule has 8 aliphatic rings. The van der Waals surface area contributed by atoms with E-state index in [0.717, 1.165) is 19.3 Å². The zero-order valence-electron chi connectivity index (χ0n) is 36.3. The Kier molecular flexibility index (Phi) is 9.92. The zero-order valence-corrected chi connectivity index (χ0v) is 37.1. The molecule has 0 amide bonds. The van der Waals surface area contributed by atoms with E-state index in [1.165, 1.54) is 57.8 Å². The van der Waals surface area contributed by atoms with Crippen molar-refractivity contribution in [3.05, 3.63) is 0 Å². The lowest BCUT2D eigenvalue weighted by Gasteiger charge is -2.73. The normalized spacial score (nSPS) is 48.1. The first-order chi connectivity index (χ1) is 26.0. The Morgan fingerprint density at radius 1 is 0.768 bits per heavy atom. The minimum absolute atomic E-state index is 0.0587. The van der Waals surface area contributed by atoms with Gasteiger partial charge >= 0.3 is 11.9 Å². The molecule has 0 bridgehead atoms. The Labute approximate surface area is 338 Å². The van der Waals surface area contributed by atoms with Gasteiger partial charge in [0.2, 0.25) is 0 Å². The summed E-state index contributed by atoms with van der Waals surface area (Å²) in [6.07, 6.45) is 14.1. The van der Waals surface area contributed by atoms with E-state index < -0.39 is 33.2 Å². The Morgan fingerprint density at radius 3 is 2.05 bits per heavy atom. The predicted octanol–water partition coefficient (Wildman–Crippen LogP) is 7.35. The van der Waals surface area contributed by atoms with Gasteiger partial charge in [-0.15, -0.1) is 0 Å². The average Bonchev–Trinajstić information content (AvgIpc) is 3.72. The molecule has 8 rings (SSSR count). The molecule has 14 atom stereocenters. The molecule has 9 nitrogen and oxygen atoms in total. The van der Waals surface area contributed by atoms with Crippen LogP contribution in [0.15, 0.2) is 0 Å². The predicted molar refractivity (Wildman–Crippen MR) is 218 cm³/mol. The van der Waals surface area contributed by atoms with Crippen LogP contribution in [0.4, 0.5) is 0 Å². The molecule has 0 radical (unpaired) electrons. The van der Waals surface area contributed by atoms with Crippen LogP contribution in [0.5, 0.6) is 0 Å². The fourth-order valence-electron chi connectivity index (χ4n) is 16.4. The van der Waals surface area contributed by atoms with Gasteiger partial charge in [-0.2, -0.15) is 0 Å². The summed E-state index contributed by atoms with van der Waals surface area (Å²) in [4.78, 5) is 27.7. The number of carboxylic acid groups (broad SMARTS) is 1. The fraction of sp³-hybridized carbons (Fsp3) is 0.957. The highest BCUT2D eigenvalue weighted by Crippen LogP contribution is 2.78. The summed E-state index contributed by atoms with van der Waals surface area (Å²) < 4.78 is 31.0. The SMILES string of the molecule is C[C@@H](O)[C@@H](CN[C@]12CC[C@@H](C3(C)CC3)[C@@H]1[C@H]1CC[C@@H]3[C@@]4(C)CC[C@H](OC(=O)[C@H]5C[C@@H](C(=O)O)C5(C)C)C(C)(C)[C@@H]4CC[C@@]3(C)[C@]1(C)CC2)N1CCS(=O)(=O)CC1. The van der Waals surface area contributed by atoms with Gasteiger partial charge in [0.1, 0.15) is 6.10 Å². The van der Waals surface area contributed by atoms with Crippen molar-refractivity contribution in [2.75, 3.05) is 31.1 Å². The number of hydrogen-bond donors (Lipinski definition) is 3. The molecule has 10 heteroatoms. The van der Waals surface area contributed by atoms with Gasteiger partial charge in [-0.3, -0.25) is 14.5 Å². The largest absolute Gasteiger partial charge is 0.481 e. The van der Waals surface area contributed by atoms with Gasteiger partial charge < -0.3 is 20.3 Å². The topological polar surface area (TPSA) is 133 Å². The number of aliphatic hydroxyl groups is 1. The summed E-state index contributed by atoms with van der Waals surface area (Å²) in [5.74, 6) is 1.54. The van der Waals surface area contributed by atoms with Crippen molar-refractivity contribution in [3.63, 3.8) is 0 Å². The van der Waals surface area contributed by atoms with Gasteiger partial charge in [0, 0.05) is 36.6 Å². The third-order valence-electron chi connectivity index (χ3n) is 20.5. The highest BCUT2D eigenvalue weighted by atomic mass is 32.2. The summed E-state index contributed by atoms with van der Waals surface area (Å²) in [6.45, 7) is 22.7. The summed E-state index contributed by atoms with van der Waals surface area (Å²) in [6, 6.07) is -0.0903. The minimum Gasteiger partial charge on any atom is -0.481 e. The molecule has 0 aromatic carbocycles. The summed E-state index contributed by atoms with van der Waals surface area (Å²) in [5, 5.41) is 25.0. The number of hydrogen-bond acceptors (Lipinski definition) is 8. The number of aliphatic hydroxyl groups excluding tert-OH is 1. The van der Waals surface area contributed by atoms with Crippen LogP contribution in [0.25, 0.3) is 0 Å². The summed E-state index contributed by atoms with van der Waals surface area (Å²) in [5.41, 5.74) is 0.343. The van der Waals surface area contributed by atoms with Crippen LogP contribution in [0.1, 0.15) is 146 Å². The van der Waals surface area contributed by atoms with Crippen LogP contribution in [-0.2, 0) is 24.2 Å². The first kappa shape index (κ1) is 41.5. The molecular formula is C46H76N2O7S. The van der Waals surface area contributed by atoms with E-state index in [9.17, 15) is 28.2 Å². The first-order valence-electron chi connectivity index (χ1n) is 22.8. The molecule has 3 N–H and O–H groups in total. The number of nitrogens with zero attached hydrogens (tertiary/aromatic N) is 1. The number of sulfone groups is 1. The van der Waals surface area contributed by atoms with Gasteiger partial charge in [0.15, 0.2) is 9.84 Å². The number of carbonyl (C=O) groups is 2. The van der Waals surface area contributed by atoms with Crippen LogP contribution in [0.3, 0.4) is 0 Å². The average molecular weight is 801 g/mol. The van der Waals surface area contributed by atoms with E-state index in [4.69, 9.17) is 4.74 Å². The highest BCUT2D eigenvalue weighted by Gasteiger charge is 2.72. The number of carbonyl (C=O) groups excluding carboxylic acids is 1. The molecule has 1 heterocycles. The van der Waals surface area contributed by atoms with Crippen molar-refractivity contribution < 1.29 is 33.0 Å². The Bertz CT molecular complexity index is 1680. The van der Waals surface area contributed by atoms with E-state index in [1.807, 2.05) is 20.8 Å². The Hall–Kier alpha value is -1.23. The van der Waals surface area contributed by atoms with E-state index in [2.05, 4.69) is 51.8 Å². The highest BCUT2D eigenvalue weighted by molar-refractivity contribution is 7.91. The van der Waals surface area contributed by atoms with Gasteiger partial charge in [-0.1, -0.05) is 55.4 Å². The summed E-state index contributed by atoms with van der Waals surface area (Å²) >= 11 is 0. The number of ether oxygens (including phenoxy) is 1. The standard InChI is InChI=1S/C46H76N2O7S/c1-28(49)33(48-22-24-56(53,54)25-23-48)27-47-46-17-12-29(42(6)18-19-42)37(46)30-10-11-35-43(7)15-14-36(55-39(52)32-26-31(38(50)51)40(32,2)3)41(4,5)34(43)13-16-45(35,9)44(30,8)20-21-46/h28-37,47,49H,10-27H2,1-9H3,(H,50,51)/t28-,29-,30-,31+,32-,33-,34+,35-,36+,37-,43+,44-,45-,46+/m1/s1. The van der Waals surface area contributed by atoms with Crippen LogP contribution in [0.2, 0.25) is 0 Å². The number of aliphatic carboxylic acids is 1. The zero-order chi connectivity index (χ0) is 40.6. The lowest BCUT2D eigenvalue weighted by atomic mass is 9.32. The van der Waals surface area contributed by atoms with E-state index >= 15 is 0 Å². The van der Waals surface area contributed by atoms with Crippen LogP contribution >= 0.6 is 0 Å². The number of fused-ring (bicyclic) bond motifs is 7. The number of rotatable bonds is 9. The quantitative estimate of drug-likeness (QED) is 0.205. The molecule has 0 spiro atoms. The Balaban J connectivity index is 1.02. The van der Waals surface area contributed by atoms with Crippen molar-refractivity contribution in [2.24, 2.45) is 73.9 Å². The van der Waals surface area contributed by atoms with Gasteiger partial charge in [-0.25, -0.2) is 8.42 Å². The second-order valence-corrected chi connectivity index (χ2v) is 25.6. The second kappa shape index (κ2) is 13.4. The van der Waals surface area contributed by atoms with Gasteiger partial charge in [0.25, 0.3) is 0 Å². The third-order valence-corrected chi connectivity index (χ3v) is 22.1. The molecular weight excluding hydrogens is 725 g/mol. The second-order valence-electron chi connectivity index (χ2n) is 23.3. The monoisotopic (exact) mass is 801 g/mol. The van der Waals surface area contributed by atoms with E-state index in [1.54, 1.807) is 0 Å².